The first-order valence-corrected chi connectivity index (χ1v) is 5.80. The monoisotopic (exact) mass is 150 g/mol. The second kappa shape index (κ2) is 3.77. The number of ether oxygens (including phenoxy) is 1. The van der Waals surface area contributed by atoms with E-state index in [9.17, 15) is 4.79 Å². The van der Waals surface area contributed by atoms with Crippen molar-refractivity contribution in [2.24, 2.45) is 0 Å². The van der Waals surface area contributed by atoms with Crippen molar-refractivity contribution < 1.29 is 9.53 Å². The molecular weight excluding hydrogens is 136 g/mol. The van der Waals surface area contributed by atoms with Crippen molar-refractivity contribution in [3.05, 3.63) is 0 Å². The van der Waals surface area contributed by atoms with E-state index in [4.69, 9.17) is 0 Å². The van der Waals surface area contributed by atoms with E-state index < -0.39 is 10.0 Å². The Morgan fingerprint density at radius 2 is 2.00 bits per heavy atom. The Hall–Kier alpha value is -0.180. The maximum absolute atomic E-state index is 9.68. The Morgan fingerprint density at radius 1 is 1.44 bits per heavy atom. The summed E-state index contributed by atoms with van der Waals surface area (Å²) in [5.74, 6) is 1.01. The highest BCUT2D eigenvalue weighted by Gasteiger charge is 2.01. The lowest BCUT2D eigenvalue weighted by atomic mass is 10.9. The minimum absolute atomic E-state index is 0.480. The van der Waals surface area contributed by atoms with Crippen LogP contribution in [0.3, 0.4) is 0 Å². The van der Waals surface area contributed by atoms with Crippen LogP contribution in [0.25, 0.3) is 0 Å². The average Bonchev–Trinajstić information content (AvgIpc) is 1.63. The highest BCUT2D eigenvalue weighted by atomic mass is 32.3. The molecule has 0 aromatic carbocycles. The van der Waals surface area contributed by atoms with Crippen LogP contribution in [0.15, 0.2) is 0 Å². The van der Waals surface area contributed by atoms with Gasteiger partial charge in [-0.3, -0.25) is 4.79 Å². The van der Waals surface area contributed by atoms with Gasteiger partial charge in [-0.15, -0.1) is 0 Å². The van der Waals surface area contributed by atoms with Crippen molar-refractivity contribution in [1.82, 2.24) is 0 Å². The van der Waals surface area contributed by atoms with Gasteiger partial charge in [0.05, 0.1) is 6.61 Å². The molecule has 2 nitrogen and oxygen atoms in total. The van der Waals surface area contributed by atoms with Gasteiger partial charge in [-0.1, -0.05) is 0 Å². The van der Waals surface area contributed by atoms with E-state index in [0.29, 0.717) is 13.1 Å². The van der Waals surface area contributed by atoms with Gasteiger partial charge in [-0.25, -0.2) is 10.0 Å². The molecule has 0 saturated carbocycles. The lowest BCUT2D eigenvalue weighted by Gasteiger charge is -2.23. The second-order valence-corrected chi connectivity index (χ2v) is 7.35. The first-order valence-electron chi connectivity index (χ1n) is 2.77. The molecule has 0 unspecified atom stereocenters. The van der Waals surface area contributed by atoms with E-state index >= 15 is 0 Å². The summed E-state index contributed by atoms with van der Waals surface area (Å²) in [5.41, 5.74) is 0. The standard InChI is InChI=1S/C6H14O2S/c1-9(2,3)5-4-8-6-7/h6H,4-5H2,1-3H3. The largest absolute Gasteiger partial charge is 0.467 e. The molecule has 0 aliphatic heterocycles. The fourth-order valence-electron chi connectivity index (χ4n) is 0.346. The number of hydrogen-bond donors (Lipinski definition) is 0. The normalized spacial score (nSPS) is 12.8. The van der Waals surface area contributed by atoms with Crippen LogP contribution in [0.2, 0.25) is 0 Å². The topological polar surface area (TPSA) is 26.3 Å². The molecule has 0 N–H and O–H groups in total. The summed E-state index contributed by atoms with van der Waals surface area (Å²) in [5, 5.41) is 0. The Bertz CT molecular complexity index is 85.5. The molecule has 56 valence electrons. The van der Waals surface area contributed by atoms with Crippen LogP contribution in [0, 0.1) is 0 Å². The summed E-state index contributed by atoms with van der Waals surface area (Å²) in [6.07, 6.45) is 6.59. The van der Waals surface area contributed by atoms with E-state index in [1.807, 2.05) is 0 Å². The van der Waals surface area contributed by atoms with Crippen LogP contribution in [0.1, 0.15) is 0 Å². The summed E-state index contributed by atoms with van der Waals surface area (Å²) < 4.78 is 4.55. The maximum Gasteiger partial charge on any atom is 0.293 e. The third-order valence-electron chi connectivity index (χ3n) is 0.882. The van der Waals surface area contributed by atoms with E-state index in [1.54, 1.807) is 0 Å². The van der Waals surface area contributed by atoms with Gasteiger partial charge < -0.3 is 4.74 Å². The molecule has 0 rings (SSSR count). The lowest BCUT2D eigenvalue weighted by Crippen LogP contribution is -2.05. The smallest absolute Gasteiger partial charge is 0.293 e. The summed E-state index contributed by atoms with van der Waals surface area (Å²) in [7, 11) is -0.480. The molecule has 0 amide bonds. The number of carbonyl (C=O) groups excluding carboxylic acids is 1. The summed E-state index contributed by atoms with van der Waals surface area (Å²) >= 11 is 0. The molecule has 3 heteroatoms. The van der Waals surface area contributed by atoms with Crippen molar-refractivity contribution >= 4 is 16.5 Å². The van der Waals surface area contributed by atoms with Crippen molar-refractivity contribution in [1.29, 1.82) is 0 Å². The van der Waals surface area contributed by atoms with Gasteiger partial charge in [0, 0.05) is 5.75 Å². The average molecular weight is 150 g/mol. The van der Waals surface area contributed by atoms with Crippen molar-refractivity contribution in [2.75, 3.05) is 31.1 Å². The van der Waals surface area contributed by atoms with Gasteiger partial charge in [0.15, 0.2) is 0 Å². The van der Waals surface area contributed by atoms with Gasteiger partial charge in [0.2, 0.25) is 0 Å². The predicted molar refractivity (Wildman–Crippen MR) is 42.2 cm³/mol. The molecular formula is C6H14O2S. The molecule has 0 aliphatic rings. The molecule has 0 heterocycles. The summed E-state index contributed by atoms with van der Waals surface area (Å²) in [6.45, 7) is 1.08. The maximum atomic E-state index is 9.68. The van der Waals surface area contributed by atoms with Gasteiger partial charge in [-0.05, 0) is 18.8 Å². The summed E-state index contributed by atoms with van der Waals surface area (Å²) in [4.78, 5) is 9.68. The van der Waals surface area contributed by atoms with Crippen molar-refractivity contribution in [3.63, 3.8) is 0 Å². The molecule has 0 atom stereocenters. The van der Waals surface area contributed by atoms with Crippen LogP contribution in [0.4, 0.5) is 0 Å². The Labute approximate surface area is 57.9 Å². The van der Waals surface area contributed by atoms with E-state index in [-0.39, 0.29) is 0 Å². The Morgan fingerprint density at radius 3 is 2.33 bits per heavy atom. The fraction of sp³-hybridized carbons (Fsp3) is 0.833. The molecule has 0 spiro atoms. The fourth-order valence-corrected chi connectivity index (χ4v) is 0.942. The van der Waals surface area contributed by atoms with E-state index in [0.717, 1.165) is 5.75 Å². The molecule has 9 heavy (non-hydrogen) atoms. The first kappa shape index (κ1) is 8.82. The van der Waals surface area contributed by atoms with Gasteiger partial charge in [0.1, 0.15) is 0 Å². The molecule has 0 radical (unpaired) electrons. The van der Waals surface area contributed by atoms with Crippen molar-refractivity contribution in [2.45, 2.75) is 0 Å². The van der Waals surface area contributed by atoms with Crippen LogP contribution in [0.5, 0.6) is 0 Å². The second-order valence-electron chi connectivity index (χ2n) is 2.76. The van der Waals surface area contributed by atoms with Crippen LogP contribution in [-0.2, 0) is 9.53 Å². The van der Waals surface area contributed by atoms with Gasteiger partial charge in [0.25, 0.3) is 6.47 Å². The number of rotatable bonds is 4. The molecule has 0 bridgehead atoms. The third-order valence-corrected chi connectivity index (χ3v) is 2.27. The molecule has 0 fully saturated rings. The molecule has 0 aliphatic carbocycles. The number of carbonyl (C=O) groups is 1. The first-order chi connectivity index (χ1) is 4.06. The molecule has 0 aromatic heterocycles. The zero-order valence-corrected chi connectivity index (χ0v) is 7.03. The SMILES string of the molecule is CS(C)(C)CCOC=O. The predicted octanol–water partition coefficient (Wildman–Crippen LogP) is 0.853. The van der Waals surface area contributed by atoms with E-state index in [2.05, 4.69) is 23.5 Å². The third kappa shape index (κ3) is 7.82. The van der Waals surface area contributed by atoms with Gasteiger partial charge >= 0.3 is 0 Å². The minimum atomic E-state index is -0.480. The lowest BCUT2D eigenvalue weighted by molar-refractivity contribution is -0.128. The molecule has 0 aromatic rings. The van der Waals surface area contributed by atoms with E-state index in [1.165, 1.54) is 0 Å². The zero-order chi connectivity index (χ0) is 7.33. The highest BCUT2D eigenvalue weighted by Crippen LogP contribution is 2.33. The molecule has 0 saturated heterocycles. The van der Waals surface area contributed by atoms with Crippen LogP contribution in [-0.4, -0.2) is 37.6 Å². The highest BCUT2D eigenvalue weighted by molar-refractivity contribution is 8.32. The van der Waals surface area contributed by atoms with Crippen molar-refractivity contribution in [3.8, 4) is 0 Å². The van der Waals surface area contributed by atoms with Gasteiger partial charge in [-0.2, -0.15) is 0 Å². The quantitative estimate of drug-likeness (QED) is 0.439. The minimum Gasteiger partial charge on any atom is -0.467 e. The zero-order valence-electron chi connectivity index (χ0n) is 6.22. The Balaban J connectivity index is 3.17. The number of hydrogen-bond acceptors (Lipinski definition) is 2. The van der Waals surface area contributed by atoms with Crippen LogP contribution >= 0.6 is 10.0 Å². The Kier molecular flexibility index (Phi) is 3.70. The summed E-state index contributed by atoms with van der Waals surface area (Å²) in [6, 6.07) is 0. The van der Waals surface area contributed by atoms with Crippen LogP contribution < -0.4 is 0 Å².